The molecule has 11 aromatic rings. The topological polar surface area (TPSA) is 17.8 Å². The van der Waals surface area contributed by atoms with Crippen molar-refractivity contribution in [1.82, 2.24) is 9.55 Å². The van der Waals surface area contributed by atoms with E-state index in [9.17, 15) is 0 Å². The molecule has 0 N–H and O–H groups in total. The van der Waals surface area contributed by atoms with Crippen LogP contribution in [0.1, 0.15) is 12.7 Å². The standard InChI is InChI=1S/C49H32N2/c1-2-44-50-42-26-9-10-27-43(42)51(44)49-39-20-7-5-18-37(39)48(38-19-6-8-21-40(38)49)41-25-13-24-36-35-23-12-15-31-29-28-30-14-11-22-33(45(30)46(31)35)32-16-3-4-17-34(32)47(36)41/h3-29H,2H2,1H3. The van der Waals surface area contributed by atoms with Crippen LogP contribution in [0.25, 0.3) is 103 Å². The van der Waals surface area contributed by atoms with E-state index in [1.165, 1.54) is 92.2 Å². The first kappa shape index (κ1) is 28.3. The summed E-state index contributed by atoms with van der Waals surface area (Å²) in [5.74, 6) is 1.07. The molecule has 0 unspecified atom stereocenters. The molecule has 0 atom stereocenters. The average molecular weight is 649 g/mol. The van der Waals surface area contributed by atoms with Crippen molar-refractivity contribution >= 4 is 86.4 Å². The lowest BCUT2D eigenvalue weighted by atomic mass is 9.85. The van der Waals surface area contributed by atoms with Gasteiger partial charge in [-0.15, -0.1) is 0 Å². The SMILES string of the molecule is CCc1nc2ccccc2n1-c1c2ccccc2c(-c2cccc3c4cccc5ccc6cccc(c7ccccc7c23)c6c54)c2ccccc12. The summed E-state index contributed by atoms with van der Waals surface area (Å²) in [5, 5.41) is 17.7. The van der Waals surface area contributed by atoms with E-state index in [0.29, 0.717) is 0 Å². The summed E-state index contributed by atoms with van der Waals surface area (Å²) in [4.78, 5) is 5.12. The molecule has 0 radical (unpaired) electrons. The van der Waals surface area contributed by atoms with Gasteiger partial charge in [-0.25, -0.2) is 4.98 Å². The van der Waals surface area contributed by atoms with E-state index < -0.39 is 0 Å². The van der Waals surface area contributed by atoms with Gasteiger partial charge in [-0.3, -0.25) is 4.57 Å². The number of hydrogen-bond acceptors (Lipinski definition) is 1. The van der Waals surface area contributed by atoms with Gasteiger partial charge in [-0.2, -0.15) is 0 Å². The Bertz CT molecular complexity index is 3180. The van der Waals surface area contributed by atoms with E-state index in [4.69, 9.17) is 4.98 Å². The lowest BCUT2D eigenvalue weighted by Gasteiger charge is -2.21. The van der Waals surface area contributed by atoms with E-state index in [1.807, 2.05) is 0 Å². The van der Waals surface area contributed by atoms with Gasteiger partial charge in [0.25, 0.3) is 0 Å². The fraction of sp³-hybridized carbons (Fsp3) is 0.0408. The Labute approximate surface area is 294 Å². The normalized spacial score (nSPS) is 12.1. The third kappa shape index (κ3) is 3.90. The fourth-order valence-electron chi connectivity index (χ4n) is 9.01. The van der Waals surface area contributed by atoms with Crippen molar-refractivity contribution in [2.24, 2.45) is 0 Å². The van der Waals surface area contributed by atoms with Crippen LogP contribution in [0.2, 0.25) is 0 Å². The van der Waals surface area contributed by atoms with Crippen LogP contribution >= 0.6 is 0 Å². The summed E-state index contributed by atoms with van der Waals surface area (Å²) in [7, 11) is 0. The van der Waals surface area contributed by atoms with Gasteiger partial charge >= 0.3 is 0 Å². The Morgan fingerprint density at radius 3 is 1.53 bits per heavy atom. The summed E-state index contributed by atoms with van der Waals surface area (Å²) in [5.41, 5.74) is 5.86. The molecule has 1 heterocycles. The first-order valence-corrected chi connectivity index (χ1v) is 17.9. The number of para-hydroxylation sites is 2. The summed E-state index contributed by atoms with van der Waals surface area (Å²) >= 11 is 0. The first-order valence-electron chi connectivity index (χ1n) is 17.9. The third-order valence-corrected chi connectivity index (χ3v) is 11.1. The molecular formula is C49H32N2. The van der Waals surface area contributed by atoms with Crippen molar-refractivity contribution < 1.29 is 0 Å². The minimum Gasteiger partial charge on any atom is -0.295 e. The molecule has 51 heavy (non-hydrogen) atoms. The van der Waals surface area contributed by atoms with Crippen molar-refractivity contribution in [2.45, 2.75) is 13.3 Å². The Morgan fingerprint density at radius 1 is 0.412 bits per heavy atom. The van der Waals surface area contributed by atoms with Crippen LogP contribution in [0.15, 0.2) is 164 Å². The fourth-order valence-corrected chi connectivity index (χ4v) is 9.01. The molecule has 0 amide bonds. The van der Waals surface area contributed by atoms with Crippen LogP contribution in [0.5, 0.6) is 0 Å². The highest BCUT2D eigenvalue weighted by Gasteiger charge is 2.22. The maximum absolute atomic E-state index is 5.12. The van der Waals surface area contributed by atoms with Gasteiger partial charge in [0.2, 0.25) is 0 Å². The Kier molecular flexibility index (Phi) is 5.97. The van der Waals surface area contributed by atoms with Crippen LogP contribution in [0.3, 0.4) is 0 Å². The maximum Gasteiger partial charge on any atom is 0.114 e. The monoisotopic (exact) mass is 648 g/mol. The van der Waals surface area contributed by atoms with Gasteiger partial charge in [-0.05, 0) is 87.9 Å². The molecule has 2 heteroatoms. The predicted molar refractivity (Wildman–Crippen MR) is 218 cm³/mol. The molecule has 0 saturated heterocycles. The lowest BCUT2D eigenvalue weighted by Crippen LogP contribution is -2.03. The van der Waals surface area contributed by atoms with Gasteiger partial charge in [0.1, 0.15) is 5.82 Å². The molecule has 0 fully saturated rings. The number of aryl methyl sites for hydroxylation is 1. The number of imidazole rings is 1. The number of nitrogens with zero attached hydrogens (tertiary/aromatic N) is 2. The second-order valence-electron chi connectivity index (χ2n) is 13.7. The molecule has 0 saturated carbocycles. The zero-order valence-corrected chi connectivity index (χ0v) is 28.2. The van der Waals surface area contributed by atoms with Crippen molar-refractivity contribution in [3.8, 4) is 16.8 Å². The van der Waals surface area contributed by atoms with Crippen LogP contribution in [-0.2, 0) is 6.42 Å². The van der Waals surface area contributed by atoms with Crippen LogP contribution in [-0.4, -0.2) is 9.55 Å². The molecule has 10 aromatic carbocycles. The number of rotatable bonds is 3. The number of benzene rings is 9. The van der Waals surface area contributed by atoms with Crippen molar-refractivity contribution in [3.05, 3.63) is 170 Å². The van der Waals surface area contributed by atoms with E-state index in [0.717, 1.165) is 23.3 Å². The number of hydrogen-bond donors (Lipinski definition) is 0. The minimum atomic E-state index is 0.835. The molecule has 0 spiro atoms. The van der Waals surface area contributed by atoms with Gasteiger partial charge in [0, 0.05) is 17.2 Å². The number of fused-ring (bicyclic) bond motifs is 8. The predicted octanol–water partition coefficient (Wildman–Crippen LogP) is 13.3. The van der Waals surface area contributed by atoms with Gasteiger partial charge in [0.15, 0.2) is 0 Å². The van der Waals surface area contributed by atoms with Crippen LogP contribution < -0.4 is 0 Å². The third-order valence-electron chi connectivity index (χ3n) is 11.1. The summed E-state index contributed by atoms with van der Waals surface area (Å²) in [6.07, 6.45) is 0.835. The minimum absolute atomic E-state index is 0.835. The highest BCUT2D eigenvalue weighted by Crippen LogP contribution is 2.47. The van der Waals surface area contributed by atoms with E-state index in [2.05, 4.69) is 175 Å². The first-order chi connectivity index (χ1) is 25.3. The molecule has 11 rings (SSSR count). The molecule has 2 nitrogen and oxygen atoms in total. The maximum atomic E-state index is 5.12. The van der Waals surface area contributed by atoms with Crippen molar-refractivity contribution in [3.63, 3.8) is 0 Å². The van der Waals surface area contributed by atoms with E-state index >= 15 is 0 Å². The smallest absolute Gasteiger partial charge is 0.114 e. The molecule has 0 bridgehead atoms. The van der Waals surface area contributed by atoms with Crippen LogP contribution in [0.4, 0.5) is 0 Å². The van der Waals surface area contributed by atoms with Crippen molar-refractivity contribution in [2.75, 3.05) is 0 Å². The van der Waals surface area contributed by atoms with E-state index in [1.54, 1.807) is 0 Å². The molecule has 0 aliphatic rings. The largest absolute Gasteiger partial charge is 0.295 e. The molecule has 238 valence electrons. The van der Waals surface area contributed by atoms with Crippen LogP contribution in [0, 0.1) is 0 Å². The molecule has 0 aliphatic heterocycles. The Hall–Kier alpha value is -6.51. The molecular weight excluding hydrogens is 617 g/mol. The highest BCUT2D eigenvalue weighted by atomic mass is 15.1. The number of aromatic nitrogens is 2. The second kappa shape index (κ2) is 10.7. The summed E-state index contributed by atoms with van der Waals surface area (Å²) in [6, 6.07) is 60.6. The van der Waals surface area contributed by atoms with Gasteiger partial charge in [-0.1, -0.05) is 159 Å². The second-order valence-corrected chi connectivity index (χ2v) is 13.7. The van der Waals surface area contributed by atoms with Crippen molar-refractivity contribution in [1.29, 1.82) is 0 Å². The van der Waals surface area contributed by atoms with Gasteiger partial charge < -0.3 is 0 Å². The zero-order chi connectivity index (χ0) is 33.6. The lowest BCUT2D eigenvalue weighted by molar-refractivity contribution is 0.917. The molecule has 0 aliphatic carbocycles. The Morgan fingerprint density at radius 2 is 0.882 bits per heavy atom. The Balaban J connectivity index is 1.39. The molecule has 1 aromatic heterocycles. The zero-order valence-electron chi connectivity index (χ0n) is 28.2. The van der Waals surface area contributed by atoms with E-state index in [-0.39, 0.29) is 0 Å². The summed E-state index contributed by atoms with van der Waals surface area (Å²) in [6.45, 7) is 2.20. The summed E-state index contributed by atoms with van der Waals surface area (Å²) < 4.78 is 2.41. The quantitative estimate of drug-likeness (QED) is 0.138. The highest BCUT2D eigenvalue weighted by molar-refractivity contribution is 6.35. The average Bonchev–Trinajstić information content (AvgIpc) is 3.57. The van der Waals surface area contributed by atoms with Gasteiger partial charge in [0.05, 0.1) is 16.7 Å².